The average Bonchev–Trinajstić information content (AvgIpc) is 3.08. The van der Waals surface area contributed by atoms with E-state index in [0.717, 1.165) is 31.8 Å². The number of rotatable bonds is 3. The number of ether oxygens (including phenoxy) is 1. The summed E-state index contributed by atoms with van der Waals surface area (Å²) in [6.45, 7) is 9.38. The molecule has 1 aliphatic heterocycles. The van der Waals surface area contributed by atoms with Crippen LogP contribution in [-0.2, 0) is 16.6 Å². The van der Waals surface area contributed by atoms with Crippen molar-refractivity contribution in [2.24, 2.45) is 5.92 Å². The highest BCUT2D eigenvalue weighted by atomic mass is 16.5. The maximum Gasteiger partial charge on any atom is 0.0952 e. The van der Waals surface area contributed by atoms with E-state index in [2.05, 4.69) is 68.2 Å². The summed E-state index contributed by atoms with van der Waals surface area (Å²) in [6, 6.07) is 9.24. The Hall–Kier alpha value is -2.03. The van der Waals surface area contributed by atoms with Gasteiger partial charge in [-0.1, -0.05) is 81.3 Å². The predicted molar refractivity (Wildman–Crippen MR) is 158 cm³/mol. The normalized spacial score (nSPS) is 27.5. The molecule has 188 valence electrons. The minimum absolute atomic E-state index is 0.0326. The Morgan fingerprint density at radius 3 is 2.65 bits per heavy atom. The van der Waals surface area contributed by atoms with Crippen molar-refractivity contribution in [3.8, 4) is 11.1 Å². The number of methoxy groups -OCH3 is 1. The quantitative estimate of drug-likeness (QED) is 0.573. The Morgan fingerprint density at radius 1 is 1.05 bits per heavy atom. The summed E-state index contributed by atoms with van der Waals surface area (Å²) in [7, 11) is 14.8. The molecule has 1 heterocycles. The summed E-state index contributed by atoms with van der Waals surface area (Å²) in [5.74, 6) is 0.845. The van der Waals surface area contributed by atoms with Crippen molar-refractivity contribution in [2.45, 2.75) is 82.1 Å². The molecule has 4 aliphatic rings. The number of likely N-dealkylation sites (tertiary alicyclic amines) is 1. The fourth-order valence-corrected chi connectivity index (χ4v) is 7.60. The van der Waals surface area contributed by atoms with Crippen LogP contribution in [-0.4, -0.2) is 52.9 Å². The summed E-state index contributed by atoms with van der Waals surface area (Å²) >= 11 is 0. The van der Waals surface area contributed by atoms with E-state index in [1.54, 1.807) is 0 Å². The molecular formula is C33H39B2NO. The van der Waals surface area contributed by atoms with Gasteiger partial charge in [0.25, 0.3) is 0 Å². The Kier molecular flexibility index (Phi) is 6.36. The summed E-state index contributed by atoms with van der Waals surface area (Å²) in [5.41, 5.74) is 8.20. The first kappa shape index (κ1) is 25.3. The van der Waals surface area contributed by atoms with Crippen LogP contribution in [0.4, 0.5) is 0 Å². The van der Waals surface area contributed by atoms with Gasteiger partial charge in [0.05, 0.1) is 27.8 Å². The average molecular weight is 487 g/mol. The molecule has 1 saturated heterocycles. The number of hydrogen-bond donors (Lipinski definition) is 0. The minimum atomic E-state index is -0.794. The molecule has 4 radical (unpaired) electrons. The van der Waals surface area contributed by atoms with Gasteiger partial charge in [-0.25, -0.2) is 0 Å². The zero-order valence-electron chi connectivity index (χ0n) is 23.0. The predicted octanol–water partition coefficient (Wildman–Crippen LogP) is 4.88. The fourth-order valence-electron chi connectivity index (χ4n) is 7.60. The van der Waals surface area contributed by atoms with Crippen LogP contribution < -0.4 is 10.4 Å². The third-order valence-corrected chi connectivity index (χ3v) is 9.75. The van der Waals surface area contributed by atoms with E-state index in [1.807, 2.05) is 13.2 Å². The second-order valence-corrected chi connectivity index (χ2v) is 12.4. The third-order valence-electron chi connectivity index (χ3n) is 9.75. The van der Waals surface area contributed by atoms with Crippen LogP contribution in [0.1, 0.15) is 75.1 Å². The van der Waals surface area contributed by atoms with Crippen molar-refractivity contribution in [1.29, 1.82) is 0 Å². The zero-order valence-corrected chi connectivity index (χ0v) is 23.0. The Labute approximate surface area is 225 Å². The van der Waals surface area contributed by atoms with Gasteiger partial charge >= 0.3 is 0 Å². The van der Waals surface area contributed by atoms with Crippen LogP contribution in [0.5, 0.6) is 0 Å². The summed E-state index contributed by atoms with van der Waals surface area (Å²) in [5, 5.41) is 1.92. The van der Waals surface area contributed by atoms with E-state index in [-0.39, 0.29) is 17.6 Å². The smallest absolute Gasteiger partial charge is 0.0952 e. The number of nitrogens with zero attached hydrogens (tertiary/aromatic N) is 1. The molecule has 0 amide bonds. The summed E-state index contributed by atoms with van der Waals surface area (Å²) in [4.78, 5) is 2.69. The molecule has 3 aliphatic carbocycles. The van der Waals surface area contributed by atoms with Crippen LogP contribution in [0.2, 0.25) is 5.21 Å². The summed E-state index contributed by atoms with van der Waals surface area (Å²) < 4.78 is 6.20. The molecule has 4 heteroatoms. The van der Waals surface area contributed by atoms with Crippen LogP contribution in [0, 0.1) is 5.92 Å². The molecule has 6 rings (SSSR count). The molecule has 3 unspecified atom stereocenters. The van der Waals surface area contributed by atoms with E-state index in [1.165, 1.54) is 69.5 Å². The van der Waals surface area contributed by atoms with Crippen molar-refractivity contribution in [1.82, 2.24) is 4.90 Å². The molecule has 0 bridgehead atoms. The van der Waals surface area contributed by atoms with Crippen molar-refractivity contribution >= 4 is 33.9 Å². The third kappa shape index (κ3) is 4.10. The van der Waals surface area contributed by atoms with Crippen molar-refractivity contribution in [2.75, 3.05) is 20.2 Å². The van der Waals surface area contributed by atoms with Gasteiger partial charge < -0.3 is 4.74 Å². The first-order valence-electron chi connectivity index (χ1n) is 14.3. The molecule has 0 saturated carbocycles. The highest BCUT2D eigenvalue weighted by molar-refractivity contribution is 6.41. The van der Waals surface area contributed by atoms with Gasteiger partial charge in [0, 0.05) is 12.5 Å². The molecule has 0 N–H and O–H groups in total. The lowest BCUT2D eigenvalue weighted by molar-refractivity contribution is 0.0800. The monoisotopic (exact) mass is 487 g/mol. The second-order valence-electron chi connectivity index (χ2n) is 12.4. The standard InChI is InChI=1S/C33H39B2NO/c1-5-21-9-8-17-36(18-14-21)28-19-26-25(20-29(28)37-4)22-12-15-33(34,35)16-13-23(22)31-30(26)24-10-6-7-11-27(24)32(31,2)3/h6-7,10-11,13,16,19-21,28-29H,5,8-9,12,14-15,17-18H2,1-4H3. The van der Waals surface area contributed by atoms with E-state index in [4.69, 9.17) is 20.4 Å². The summed E-state index contributed by atoms with van der Waals surface area (Å²) in [6.07, 6.45) is 16.0. The van der Waals surface area contributed by atoms with Gasteiger partial charge in [-0.3, -0.25) is 4.90 Å². The van der Waals surface area contributed by atoms with Gasteiger partial charge in [-0.15, -0.1) is 0 Å². The molecule has 2 aromatic carbocycles. The highest BCUT2D eigenvalue weighted by Gasteiger charge is 2.40. The first-order valence-corrected chi connectivity index (χ1v) is 14.3. The SMILES string of the molecule is [B]C1([B])C=Cc2c3c(c4c(c2CC1)=CC(OC)C(N1CCCC(CC)CC1)C=4)-c1ccccc1C3(C)C. The fraction of sp³-hybridized carbons (Fsp3) is 0.515. The second kappa shape index (κ2) is 9.31. The van der Waals surface area contributed by atoms with E-state index in [0.29, 0.717) is 0 Å². The number of benzene rings is 2. The van der Waals surface area contributed by atoms with Gasteiger partial charge in [0.2, 0.25) is 0 Å². The maximum atomic E-state index is 6.48. The van der Waals surface area contributed by atoms with Crippen molar-refractivity contribution < 1.29 is 4.74 Å². The molecule has 3 atom stereocenters. The van der Waals surface area contributed by atoms with Gasteiger partial charge in [-0.2, -0.15) is 0 Å². The van der Waals surface area contributed by atoms with E-state index < -0.39 is 5.21 Å². The van der Waals surface area contributed by atoms with E-state index in [9.17, 15) is 0 Å². The number of fused-ring (bicyclic) bond motifs is 8. The maximum absolute atomic E-state index is 6.48. The van der Waals surface area contributed by atoms with Crippen molar-refractivity contribution in [3.63, 3.8) is 0 Å². The number of allylic oxidation sites excluding steroid dienone is 1. The molecule has 0 aromatic heterocycles. The van der Waals surface area contributed by atoms with Gasteiger partial charge in [-0.05, 0) is 94.6 Å². The highest BCUT2D eigenvalue weighted by Crippen LogP contribution is 2.50. The lowest BCUT2D eigenvalue weighted by Crippen LogP contribution is -2.50. The zero-order chi connectivity index (χ0) is 25.9. The Bertz CT molecular complexity index is 1370. The first-order chi connectivity index (χ1) is 17.7. The largest absolute Gasteiger partial charge is 0.375 e. The van der Waals surface area contributed by atoms with Crippen molar-refractivity contribution in [3.05, 3.63) is 63.0 Å². The van der Waals surface area contributed by atoms with Gasteiger partial charge in [0.15, 0.2) is 0 Å². The molecule has 1 fully saturated rings. The Morgan fingerprint density at radius 2 is 1.86 bits per heavy atom. The Balaban J connectivity index is 1.62. The van der Waals surface area contributed by atoms with Crippen LogP contribution >= 0.6 is 0 Å². The molecule has 0 spiro atoms. The van der Waals surface area contributed by atoms with Crippen LogP contribution in [0.3, 0.4) is 0 Å². The van der Waals surface area contributed by atoms with Crippen LogP contribution in [0.25, 0.3) is 29.4 Å². The topological polar surface area (TPSA) is 12.5 Å². The van der Waals surface area contributed by atoms with E-state index >= 15 is 0 Å². The van der Waals surface area contributed by atoms with Gasteiger partial charge in [0.1, 0.15) is 0 Å². The minimum Gasteiger partial charge on any atom is -0.375 e. The molecular weight excluding hydrogens is 448 g/mol. The molecule has 2 aromatic rings. The molecule has 37 heavy (non-hydrogen) atoms. The number of hydrogen-bond acceptors (Lipinski definition) is 2. The van der Waals surface area contributed by atoms with Crippen LogP contribution in [0.15, 0.2) is 30.3 Å². The lowest BCUT2D eigenvalue weighted by atomic mass is 9.52. The molecule has 2 nitrogen and oxygen atoms in total. The lowest BCUT2D eigenvalue weighted by Gasteiger charge is -2.35.